The van der Waals surface area contributed by atoms with Gasteiger partial charge in [-0.05, 0) is 64.8 Å². The number of anilines is 2. The third kappa shape index (κ3) is 8.94. The summed E-state index contributed by atoms with van der Waals surface area (Å²) in [6.45, 7) is 9.39. The van der Waals surface area contributed by atoms with Gasteiger partial charge in [-0.3, -0.25) is 9.59 Å². The van der Waals surface area contributed by atoms with E-state index in [9.17, 15) is 29.1 Å². The Morgan fingerprint density at radius 2 is 1.65 bits per heavy atom. The maximum absolute atomic E-state index is 13.4. The number of carbonyl (C=O) groups is 5. The topological polar surface area (TPSA) is 151 Å². The number of amides is 3. The summed E-state index contributed by atoms with van der Waals surface area (Å²) in [5.74, 6) is -3.40. The number of rotatable bonds is 9. The Morgan fingerprint density at radius 3 is 2.27 bits per heavy atom. The second-order valence-corrected chi connectivity index (χ2v) is 15.7. The van der Waals surface area contributed by atoms with Crippen LogP contribution in [0.4, 0.5) is 15.5 Å². The molecule has 0 spiro atoms. The molecule has 0 bridgehead atoms. The predicted molar refractivity (Wildman–Crippen MR) is 192 cm³/mol. The average Bonchev–Trinajstić information content (AvgIpc) is 3.37. The number of esters is 1. The zero-order valence-corrected chi connectivity index (χ0v) is 31.5. The predicted octanol–water partition coefficient (Wildman–Crippen LogP) is 8.90. The van der Waals surface area contributed by atoms with Crippen molar-refractivity contribution in [2.24, 2.45) is 0 Å². The molecule has 2 aromatic carbocycles. The summed E-state index contributed by atoms with van der Waals surface area (Å²) >= 11 is 26.7. The average molecular weight is 792 g/mol. The van der Waals surface area contributed by atoms with E-state index in [4.69, 9.17) is 55.9 Å². The number of aromatic carboxylic acids is 1. The lowest BCUT2D eigenvalue weighted by Crippen LogP contribution is -2.39. The molecule has 0 saturated carbocycles. The van der Waals surface area contributed by atoms with Crippen molar-refractivity contribution in [1.82, 2.24) is 4.90 Å². The summed E-state index contributed by atoms with van der Waals surface area (Å²) in [5.41, 5.74) is -0.492. The lowest BCUT2D eigenvalue weighted by Gasteiger charge is -2.30. The highest BCUT2D eigenvalue weighted by atomic mass is 35.5. The van der Waals surface area contributed by atoms with Gasteiger partial charge in [-0.2, -0.15) is 0 Å². The van der Waals surface area contributed by atoms with Gasteiger partial charge in [0.1, 0.15) is 10.6 Å². The molecule has 1 aliphatic rings. The number of ether oxygens (including phenoxy) is 2. The Hall–Kier alpha value is -3.20. The largest absolute Gasteiger partial charge is 0.478 e. The van der Waals surface area contributed by atoms with Crippen LogP contribution in [0.2, 0.25) is 20.1 Å². The van der Waals surface area contributed by atoms with Crippen LogP contribution in [-0.4, -0.2) is 63.9 Å². The molecule has 0 fully saturated rings. The van der Waals surface area contributed by atoms with Gasteiger partial charge in [-0.15, -0.1) is 23.1 Å². The number of carboxylic acids is 1. The van der Waals surface area contributed by atoms with Crippen molar-refractivity contribution in [2.75, 3.05) is 23.8 Å². The molecule has 1 atom stereocenters. The number of fused-ring (bicyclic) bond motifs is 1. The van der Waals surface area contributed by atoms with Crippen molar-refractivity contribution in [1.29, 1.82) is 0 Å². The van der Waals surface area contributed by atoms with Crippen LogP contribution >= 0.6 is 69.5 Å². The van der Waals surface area contributed by atoms with Crippen LogP contribution in [0.5, 0.6) is 0 Å². The highest BCUT2D eigenvalue weighted by molar-refractivity contribution is 8.00. The quantitative estimate of drug-likeness (QED) is 0.0836. The molecule has 11 nitrogen and oxygen atoms in total. The van der Waals surface area contributed by atoms with Crippen molar-refractivity contribution in [3.05, 3.63) is 71.5 Å². The second kappa shape index (κ2) is 15.8. The first-order chi connectivity index (χ1) is 22.9. The second-order valence-electron chi connectivity index (χ2n) is 11.6. The number of benzene rings is 2. The fraction of sp³-hybridized carbons (Fsp3) is 0.344. The fourth-order valence-corrected chi connectivity index (χ4v) is 7.95. The van der Waals surface area contributed by atoms with Gasteiger partial charge < -0.3 is 30.1 Å². The summed E-state index contributed by atoms with van der Waals surface area (Å²) in [7, 11) is 0. The number of carbonyl (C=O) groups excluding carboxylic acids is 4. The molecular formula is C32H31Cl4N3O8S2. The van der Waals surface area contributed by atoms with Crippen molar-refractivity contribution >= 4 is 110 Å². The van der Waals surface area contributed by atoms with E-state index >= 15 is 0 Å². The van der Waals surface area contributed by atoms with Gasteiger partial charge in [0.2, 0.25) is 5.91 Å². The third-order valence-corrected chi connectivity index (χ3v) is 10.9. The first-order valence-electron chi connectivity index (χ1n) is 14.7. The van der Waals surface area contributed by atoms with Crippen LogP contribution in [0.1, 0.15) is 76.1 Å². The van der Waals surface area contributed by atoms with E-state index in [1.54, 1.807) is 63.8 Å². The van der Waals surface area contributed by atoms with E-state index < -0.39 is 56.8 Å². The van der Waals surface area contributed by atoms with E-state index in [1.807, 2.05) is 0 Å². The highest BCUT2D eigenvalue weighted by Gasteiger charge is 2.33. The number of hydrogen-bond acceptors (Lipinski definition) is 9. The first-order valence-corrected chi connectivity index (χ1v) is 17.9. The number of thioether (sulfide) groups is 1. The molecule has 2 heterocycles. The minimum atomic E-state index is -1.53. The van der Waals surface area contributed by atoms with E-state index in [0.717, 1.165) is 10.4 Å². The molecule has 0 aliphatic carbocycles. The Labute approximate surface area is 310 Å². The maximum atomic E-state index is 13.4. The molecule has 1 aromatic heterocycles. The van der Waals surface area contributed by atoms with Crippen LogP contribution < -0.4 is 10.6 Å². The molecule has 49 heavy (non-hydrogen) atoms. The van der Waals surface area contributed by atoms with Gasteiger partial charge in [0.15, 0.2) is 0 Å². The smallest absolute Gasteiger partial charge is 0.410 e. The molecule has 1 aliphatic heterocycles. The van der Waals surface area contributed by atoms with Crippen molar-refractivity contribution < 1.29 is 38.6 Å². The lowest BCUT2D eigenvalue weighted by atomic mass is 10.0. The Bertz CT molecular complexity index is 1840. The Morgan fingerprint density at radius 1 is 1.00 bits per heavy atom. The van der Waals surface area contributed by atoms with Crippen LogP contribution in [0, 0.1) is 0 Å². The van der Waals surface area contributed by atoms with Crippen LogP contribution in [-0.2, 0) is 27.2 Å². The molecule has 4 rings (SSSR count). The van der Waals surface area contributed by atoms with E-state index in [2.05, 4.69) is 10.6 Å². The fourth-order valence-electron chi connectivity index (χ4n) is 4.75. The summed E-state index contributed by atoms with van der Waals surface area (Å²) in [4.78, 5) is 67.2. The number of carboxylic acid groups (broad SMARTS) is 1. The van der Waals surface area contributed by atoms with Gasteiger partial charge in [0.25, 0.3) is 5.91 Å². The standard InChI is InChI=1S/C32H31Cl4N3O8S2/c1-6-46-30(44)19-17-10-11-39(31(45)47-32(3,4)5)13-18(17)49-28(19)38-26(40)14(2)48-16-9-7-8-15(12-16)37-27(41)20-21(29(42)43)23(34)25(36)24(35)22(20)33/h7-9,12,14H,6,10-11,13H2,1-5H3,(H,37,41)(H,38,40)(H,42,43). The van der Waals surface area contributed by atoms with Gasteiger partial charge >= 0.3 is 18.0 Å². The Balaban J connectivity index is 1.51. The molecular weight excluding hydrogens is 760 g/mol. The molecule has 3 aromatic rings. The van der Waals surface area contributed by atoms with Gasteiger partial charge in [0.05, 0.1) is 55.2 Å². The van der Waals surface area contributed by atoms with Crippen molar-refractivity contribution in [3.63, 3.8) is 0 Å². The maximum Gasteiger partial charge on any atom is 0.410 e. The normalized spacial score (nSPS) is 13.3. The van der Waals surface area contributed by atoms with Gasteiger partial charge in [-0.1, -0.05) is 52.5 Å². The SMILES string of the molecule is CCOC(=O)c1c(NC(=O)C(C)Sc2cccc(NC(=O)c3c(Cl)c(Cl)c(Cl)c(Cl)c3C(=O)O)c2)sc2c1CCN(C(=O)OC(C)(C)C)C2. The van der Waals surface area contributed by atoms with Crippen LogP contribution in [0.3, 0.4) is 0 Å². The molecule has 1 unspecified atom stereocenters. The van der Waals surface area contributed by atoms with Crippen LogP contribution in [0.25, 0.3) is 0 Å². The van der Waals surface area contributed by atoms with E-state index in [-0.39, 0.29) is 39.5 Å². The molecule has 0 radical (unpaired) electrons. The van der Waals surface area contributed by atoms with E-state index in [1.165, 1.54) is 23.1 Å². The monoisotopic (exact) mass is 789 g/mol. The number of hydrogen-bond donors (Lipinski definition) is 3. The molecule has 0 saturated heterocycles. The Kier molecular flexibility index (Phi) is 12.4. The summed E-state index contributed by atoms with van der Waals surface area (Å²) in [6.07, 6.45) is -0.0876. The molecule has 3 N–H and O–H groups in total. The van der Waals surface area contributed by atoms with Gasteiger partial charge in [-0.25, -0.2) is 14.4 Å². The van der Waals surface area contributed by atoms with Gasteiger partial charge in [0, 0.05) is 22.0 Å². The molecule has 17 heteroatoms. The summed E-state index contributed by atoms with van der Waals surface area (Å²) in [6, 6.07) is 6.49. The third-order valence-electron chi connectivity index (χ3n) is 6.91. The zero-order valence-electron chi connectivity index (χ0n) is 26.8. The summed E-state index contributed by atoms with van der Waals surface area (Å²) in [5, 5.41) is 13.4. The molecule has 3 amide bonds. The lowest BCUT2D eigenvalue weighted by molar-refractivity contribution is -0.115. The minimum absolute atomic E-state index is 0.141. The zero-order chi connectivity index (χ0) is 36.4. The number of nitrogens with zero attached hydrogens (tertiary/aromatic N) is 1. The molecule has 262 valence electrons. The minimum Gasteiger partial charge on any atom is -0.478 e. The van der Waals surface area contributed by atoms with Crippen LogP contribution in [0.15, 0.2) is 29.2 Å². The van der Waals surface area contributed by atoms with E-state index in [0.29, 0.717) is 22.9 Å². The highest BCUT2D eigenvalue weighted by Crippen LogP contribution is 2.42. The van der Waals surface area contributed by atoms with Crippen molar-refractivity contribution in [3.8, 4) is 0 Å². The summed E-state index contributed by atoms with van der Waals surface area (Å²) < 4.78 is 10.8. The van der Waals surface area contributed by atoms with Crippen molar-refractivity contribution in [2.45, 2.75) is 63.3 Å². The first kappa shape index (κ1) is 38.6. The number of halogens is 4. The number of thiophene rings is 1. The number of nitrogens with one attached hydrogen (secondary N) is 2.